The Labute approximate surface area is 237 Å². The average molecular weight is 579 g/mol. The Kier molecular flexibility index (Phi) is 12.3. The molecule has 224 valence electrons. The largest absolute Gasteiger partial charge is 0.490 e. The van der Waals surface area contributed by atoms with Crippen molar-refractivity contribution in [2.24, 2.45) is 5.92 Å². The molecule has 3 rings (SSSR count). The number of aliphatic carboxylic acids is 1. The maximum absolute atomic E-state index is 13.5. The highest BCUT2D eigenvalue weighted by atomic mass is 19.4. The Balaban J connectivity index is 0.000000745. The fraction of sp³-hybridized carbons (Fsp3) is 0.448. The molecule has 41 heavy (non-hydrogen) atoms. The first-order valence-electron chi connectivity index (χ1n) is 13.3. The zero-order valence-corrected chi connectivity index (χ0v) is 23.4. The highest BCUT2D eigenvalue weighted by Crippen LogP contribution is 2.25. The van der Waals surface area contributed by atoms with Gasteiger partial charge in [-0.1, -0.05) is 74.5 Å². The van der Waals surface area contributed by atoms with Crippen LogP contribution in [-0.4, -0.2) is 71.6 Å². The molecule has 0 aromatic heterocycles. The Morgan fingerprint density at radius 1 is 0.902 bits per heavy atom. The predicted molar refractivity (Wildman–Crippen MR) is 147 cm³/mol. The van der Waals surface area contributed by atoms with E-state index in [0.717, 1.165) is 17.5 Å². The van der Waals surface area contributed by atoms with Crippen LogP contribution in [-0.2, 0) is 19.2 Å². The van der Waals surface area contributed by atoms with E-state index >= 15 is 0 Å². The number of alkyl halides is 3. The highest BCUT2D eigenvalue weighted by molar-refractivity contribution is 5.93. The average Bonchev–Trinajstić information content (AvgIpc) is 3.44. The molecule has 9 nitrogen and oxygen atoms in total. The van der Waals surface area contributed by atoms with Gasteiger partial charge in [0.1, 0.15) is 12.1 Å². The van der Waals surface area contributed by atoms with Crippen LogP contribution >= 0.6 is 0 Å². The second-order valence-corrected chi connectivity index (χ2v) is 10.00. The first-order valence-corrected chi connectivity index (χ1v) is 13.3. The van der Waals surface area contributed by atoms with Gasteiger partial charge in [-0.3, -0.25) is 14.4 Å². The van der Waals surface area contributed by atoms with Gasteiger partial charge in [-0.2, -0.15) is 13.2 Å². The number of likely N-dealkylation sites (N-methyl/N-ethyl adjacent to an activating group) is 1. The minimum atomic E-state index is -5.08. The van der Waals surface area contributed by atoms with Crippen LogP contribution in [0.4, 0.5) is 13.2 Å². The van der Waals surface area contributed by atoms with Crippen LogP contribution < -0.4 is 16.0 Å². The number of hydrogen-bond acceptors (Lipinski definition) is 5. The smallest absolute Gasteiger partial charge is 0.475 e. The van der Waals surface area contributed by atoms with Gasteiger partial charge in [0.05, 0.1) is 12.1 Å². The fourth-order valence-corrected chi connectivity index (χ4v) is 4.29. The van der Waals surface area contributed by atoms with Gasteiger partial charge in [0.15, 0.2) is 0 Å². The van der Waals surface area contributed by atoms with Crippen LogP contribution in [0.2, 0.25) is 0 Å². The summed E-state index contributed by atoms with van der Waals surface area (Å²) in [5.74, 6) is -3.48. The normalized spacial score (nSPS) is 16.4. The molecule has 0 radical (unpaired) electrons. The van der Waals surface area contributed by atoms with E-state index in [4.69, 9.17) is 9.90 Å². The minimum absolute atomic E-state index is 0.105. The Morgan fingerprint density at radius 3 is 1.80 bits per heavy atom. The van der Waals surface area contributed by atoms with Gasteiger partial charge in [0.2, 0.25) is 17.7 Å². The molecule has 1 aliphatic rings. The molecule has 4 N–H and O–H groups in total. The first-order chi connectivity index (χ1) is 19.3. The summed E-state index contributed by atoms with van der Waals surface area (Å²) in [5.41, 5.74) is 1.96. The molecule has 1 aliphatic heterocycles. The summed E-state index contributed by atoms with van der Waals surface area (Å²) in [5, 5.41) is 16.1. The number of hydrogen-bond donors (Lipinski definition) is 4. The van der Waals surface area contributed by atoms with Gasteiger partial charge in [-0.25, -0.2) is 4.79 Å². The summed E-state index contributed by atoms with van der Waals surface area (Å²) >= 11 is 0. The van der Waals surface area contributed by atoms with Gasteiger partial charge in [0.25, 0.3) is 0 Å². The third kappa shape index (κ3) is 9.59. The van der Waals surface area contributed by atoms with Crippen LogP contribution in [0.5, 0.6) is 0 Å². The molecule has 12 heteroatoms. The molecule has 2 aromatic carbocycles. The lowest BCUT2D eigenvalue weighted by Crippen LogP contribution is -2.57. The lowest BCUT2D eigenvalue weighted by atomic mass is 9.98. The van der Waals surface area contributed by atoms with Crippen molar-refractivity contribution < 1.29 is 37.5 Å². The zero-order chi connectivity index (χ0) is 30.7. The maximum Gasteiger partial charge on any atom is 0.490 e. The fourth-order valence-electron chi connectivity index (χ4n) is 4.29. The lowest BCUT2D eigenvalue weighted by Gasteiger charge is -2.32. The van der Waals surface area contributed by atoms with Crippen LogP contribution in [0.25, 0.3) is 0 Å². The molecule has 1 heterocycles. The van der Waals surface area contributed by atoms with E-state index in [9.17, 15) is 27.6 Å². The molecule has 1 fully saturated rings. The van der Waals surface area contributed by atoms with Crippen molar-refractivity contribution in [1.82, 2.24) is 20.9 Å². The van der Waals surface area contributed by atoms with Crippen LogP contribution in [0.1, 0.15) is 50.8 Å². The molecule has 0 aliphatic carbocycles. The number of carboxylic acids is 1. The van der Waals surface area contributed by atoms with E-state index in [0.29, 0.717) is 13.0 Å². The van der Waals surface area contributed by atoms with E-state index in [-0.39, 0.29) is 29.7 Å². The summed E-state index contributed by atoms with van der Waals surface area (Å²) in [4.78, 5) is 50.0. The van der Waals surface area contributed by atoms with Crippen molar-refractivity contribution in [2.45, 2.75) is 64.0 Å². The number of carbonyl (C=O) groups is 4. The lowest BCUT2D eigenvalue weighted by molar-refractivity contribution is -0.192. The topological polar surface area (TPSA) is 128 Å². The van der Waals surface area contributed by atoms with Gasteiger partial charge in [-0.15, -0.1) is 0 Å². The summed E-state index contributed by atoms with van der Waals surface area (Å²) in [6, 6.07) is 17.7. The van der Waals surface area contributed by atoms with Crippen molar-refractivity contribution >= 4 is 23.7 Å². The van der Waals surface area contributed by atoms with Crippen molar-refractivity contribution in [3.05, 3.63) is 71.8 Å². The summed E-state index contributed by atoms with van der Waals surface area (Å²) in [6.07, 6.45) is -3.74. The number of nitrogens with zero attached hydrogens (tertiary/aromatic N) is 1. The minimum Gasteiger partial charge on any atom is -0.475 e. The third-order valence-corrected chi connectivity index (χ3v) is 6.69. The van der Waals surface area contributed by atoms with Gasteiger partial charge in [-0.05, 0) is 43.9 Å². The predicted octanol–water partition coefficient (Wildman–Crippen LogP) is 3.27. The second-order valence-electron chi connectivity index (χ2n) is 10.00. The standard InChI is InChI=1S/C27H36N4O3.C2HF3O2/c1-18(2)23(29-25(32)19(3)28-4)27(34)31-17-11-16-22(31)26(33)30-24(20-12-7-5-8-13-20)21-14-9-6-10-15-21;3-2(4,5)1(6)7/h5-10,12-15,18-19,22-24,28H,11,16-17H2,1-4H3,(H,29,32)(H,30,33);(H,6,7)/t19-,22-,23+;/m0./s1. The molecule has 3 amide bonds. The van der Waals surface area contributed by atoms with E-state index in [1.165, 1.54) is 0 Å². The molecular formula is C29H37F3N4O5. The summed E-state index contributed by atoms with van der Waals surface area (Å²) < 4.78 is 31.7. The summed E-state index contributed by atoms with van der Waals surface area (Å²) in [7, 11) is 1.70. The number of carboxylic acid groups (broad SMARTS) is 1. The molecule has 1 saturated heterocycles. The summed E-state index contributed by atoms with van der Waals surface area (Å²) in [6.45, 7) is 6.05. The Bertz CT molecular complexity index is 1120. The number of amides is 3. The molecule has 0 unspecified atom stereocenters. The number of likely N-dealkylation sites (tertiary alicyclic amines) is 1. The molecular weight excluding hydrogens is 541 g/mol. The monoisotopic (exact) mass is 578 g/mol. The molecule has 0 saturated carbocycles. The highest BCUT2D eigenvalue weighted by Gasteiger charge is 2.40. The van der Waals surface area contributed by atoms with Gasteiger partial charge >= 0.3 is 12.1 Å². The maximum atomic E-state index is 13.5. The van der Waals surface area contributed by atoms with E-state index in [1.54, 1.807) is 18.9 Å². The van der Waals surface area contributed by atoms with E-state index in [2.05, 4.69) is 16.0 Å². The van der Waals surface area contributed by atoms with Gasteiger partial charge < -0.3 is 26.0 Å². The Morgan fingerprint density at radius 2 is 1.39 bits per heavy atom. The van der Waals surface area contributed by atoms with Crippen LogP contribution in [0.15, 0.2) is 60.7 Å². The SMILES string of the molecule is CN[C@@H](C)C(=O)N[C@@H](C(=O)N1CCC[C@H]1C(=O)NC(c1ccccc1)c1ccccc1)C(C)C.O=C(O)C(F)(F)F. The molecule has 0 spiro atoms. The number of rotatable bonds is 9. The van der Waals surface area contributed by atoms with E-state index < -0.39 is 30.3 Å². The number of halogens is 3. The molecule has 3 atom stereocenters. The quantitative estimate of drug-likeness (QED) is 0.362. The van der Waals surface area contributed by atoms with Crippen LogP contribution in [0.3, 0.4) is 0 Å². The zero-order valence-electron chi connectivity index (χ0n) is 23.4. The van der Waals surface area contributed by atoms with Crippen molar-refractivity contribution in [3.8, 4) is 0 Å². The first kappa shape index (κ1) is 33.3. The third-order valence-electron chi connectivity index (χ3n) is 6.69. The second kappa shape index (κ2) is 15.2. The van der Waals surface area contributed by atoms with Crippen molar-refractivity contribution in [1.29, 1.82) is 0 Å². The molecule has 2 aromatic rings. The Hall–Kier alpha value is -3.93. The van der Waals surface area contributed by atoms with Crippen LogP contribution in [0, 0.1) is 5.92 Å². The number of benzene rings is 2. The number of nitrogens with one attached hydrogen (secondary N) is 3. The van der Waals surface area contributed by atoms with Gasteiger partial charge in [0, 0.05) is 6.54 Å². The molecule has 0 bridgehead atoms. The number of carbonyl (C=O) groups excluding carboxylic acids is 3. The van der Waals surface area contributed by atoms with E-state index in [1.807, 2.05) is 74.5 Å². The van der Waals surface area contributed by atoms with Crippen molar-refractivity contribution in [2.75, 3.05) is 13.6 Å². The van der Waals surface area contributed by atoms with Crippen molar-refractivity contribution in [3.63, 3.8) is 0 Å².